The molecule has 0 saturated heterocycles. The predicted octanol–water partition coefficient (Wildman–Crippen LogP) is 6.35. The molecule has 0 atom stereocenters. The van der Waals surface area contributed by atoms with Gasteiger partial charge >= 0.3 is 37.9 Å². The number of aryl methyl sites for hydroxylation is 2. The number of halogens is 2. The number of benzene rings is 2. The summed E-state index contributed by atoms with van der Waals surface area (Å²) in [5.74, 6) is 0. The molecule has 0 amide bonds. The molecule has 1 radical (unpaired) electrons. The number of hydrogen-bond acceptors (Lipinski definition) is 0. The number of hydrogen-bond donors (Lipinski definition) is 0. The molecule has 0 saturated carbocycles. The van der Waals surface area contributed by atoms with Gasteiger partial charge in [-0.15, -0.1) is 0 Å². The van der Waals surface area contributed by atoms with Crippen LogP contribution in [0.4, 0.5) is 0 Å². The van der Waals surface area contributed by atoms with Crippen LogP contribution in [0, 0.1) is 20.3 Å². The normalized spacial score (nSPS) is 12.8. The Balaban J connectivity index is 0.000000758. The van der Waals surface area contributed by atoms with Crippen LogP contribution in [0.2, 0.25) is 39.3 Å². The molecular weight excluding hydrogens is 471 g/mol. The molecule has 0 nitrogen and oxygen atoms in total. The molecule has 1 aliphatic rings. The summed E-state index contributed by atoms with van der Waals surface area (Å²) in [6, 6.07) is 9.82. The van der Waals surface area contributed by atoms with Crippen molar-refractivity contribution >= 4 is 43.5 Å². The van der Waals surface area contributed by atoms with Crippen LogP contribution in [-0.4, -0.2) is 16.1 Å². The van der Waals surface area contributed by atoms with Gasteiger partial charge in [-0.1, -0.05) is 85.0 Å². The van der Waals surface area contributed by atoms with Gasteiger partial charge in [0.05, 0.1) is 16.1 Å². The molecule has 0 N–H and O–H groups in total. The molecule has 2 aromatic rings. The maximum absolute atomic E-state index is 4.93. The third kappa shape index (κ3) is 4.84. The molecule has 0 heterocycles. The Kier molecular flexibility index (Phi) is 7.29. The summed E-state index contributed by atoms with van der Waals surface area (Å²) in [5, 5.41) is 3.21. The van der Waals surface area contributed by atoms with Crippen molar-refractivity contribution in [2.75, 3.05) is 0 Å². The fourth-order valence-corrected chi connectivity index (χ4v) is 7.61. The average molecular weight is 500 g/mol. The summed E-state index contributed by atoms with van der Waals surface area (Å²) in [6.45, 7) is 19.3. The molecule has 0 fully saturated rings. The molecule has 0 aliphatic heterocycles. The molecule has 0 unspecified atom stereocenters. The van der Waals surface area contributed by atoms with E-state index in [4.69, 9.17) is 17.0 Å². The van der Waals surface area contributed by atoms with Crippen molar-refractivity contribution in [1.82, 2.24) is 0 Å². The second-order valence-electron chi connectivity index (χ2n) is 9.22. The summed E-state index contributed by atoms with van der Waals surface area (Å²) >= 11 is -0.826. The van der Waals surface area contributed by atoms with Gasteiger partial charge < -0.3 is 0 Å². The van der Waals surface area contributed by atoms with Crippen LogP contribution < -0.4 is 10.4 Å². The van der Waals surface area contributed by atoms with Crippen LogP contribution >= 0.6 is 17.0 Å². The fraction of sp³-hybridized carbons (Fsp3) is 0.381. The Morgan fingerprint density at radius 3 is 1.23 bits per heavy atom. The van der Waals surface area contributed by atoms with E-state index in [9.17, 15) is 0 Å². The molecular formula is C21H29Cl2Si2Zr. The van der Waals surface area contributed by atoms with Crippen LogP contribution in [-0.2, 0) is 20.8 Å². The number of fused-ring (bicyclic) bond motifs is 3. The van der Waals surface area contributed by atoms with Gasteiger partial charge in [-0.25, -0.2) is 0 Å². The minimum atomic E-state index is -1.31. The van der Waals surface area contributed by atoms with Crippen molar-refractivity contribution in [1.29, 1.82) is 0 Å². The summed E-state index contributed by atoms with van der Waals surface area (Å²) < 4.78 is 0. The molecule has 1 aliphatic carbocycles. The van der Waals surface area contributed by atoms with E-state index >= 15 is 0 Å². The van der Waals surface area contributed by atoms with Gasteiger partial charge in [0.1, 0.15) is 0 Å². The third-order valence-corrected chi connectivity index (χ3v) is 9.32. The van der Waals surface area contributed by atoms with Gasteiger partial charge in [-0.2, -0.15) is 0 Å². The van der Waals surface area contributed by atoms with Crippen LogP contribution in [0.1, 0.15) is 22.3 Å². The molecule has 0 aromatic heterocycles. The first-order chi connectivity index (χ1) is 11.9. The quantitative estimate of drug-likeness (QED) is 0.360. The number of rotatable bonds is 2. The topological polar surface area (TPSA) is 0 Å². The molecule has 26 heavy (non-hydrogen) atoms. The van der Waals surface area contributed by atoms with Crippen molar-refractivity contribution in [2.24, 2.45) is 0 Å². The van der Waals surface area contributed by atoms with Gasteiger partial charge in [0, 0.05) is 6.42 Å². The van der Waals surface area contributed by atoms with E-state index in [0.717, 1.165) is 0 Å². The molecule has 2 aromatic carbocycles. The van der Waals surface area contributed by atoms with Gasteiger partial charge in [0.25, 0.3) is 0 Å². The Labute approximate surface area is 180 Å². The maximum atomic E-state index is 4.93. The molecule has 0 bridgehead atoms. The first-order valence-electron chi connectivity index (χ1n) is 9.01. The summed E-state index contributed by atoms with van der Waals surface area (Å²) in [6.07, 6.45) is 2.38. The average Bonchev–Trinajstić information content (AvgIpc) is 2.80. The van der Waals surface area contributed by atoms with E-state index in [1.54, 1.807) is 10.4 Å². The summed E-state index contributed by atoms with van der Waals surface area (Å²) in [4.78, 5) is 0. The van der Waals surface area contributed by atoms with Crippen LogP contribution in [0.15, 0.2) is 24.3 Å². The van der Waals surface area contributed by atoms with Crippen LogP contribution in [0.5, 0.6) is 0 Å². The second-order valence-corrected chi connectivity index (χ2v) is 23.0. The van der Waals surface area contributed by atoms with Crippen LogP contribution in [0.25, 0.3) is 11.1 Å². The van der Waals surface area contributed by atoms with E-state index < -0.39 is 37.0 Å². The van der Waals surface area contributed by atoms with Crippen molar-refractivity contribution in [2.45, 2.75) is 53.1 Å². The third-order valence-electron chi connectivity index (χ3n) is 5.01. The fourth-order valence-electron chi connectivity index (χ4n) is 3.95. The van der Waals surface area contributed by atoms with Gasteiger partial charge in [0.2, 0.25) is 0 Å². The van der Waals surface area contributed by atoms with E-state index in [-0.39, 0.29) is 0 Å². The van der Waals surface area contributed by atoms with Crippen molar-refractivity contribution in [3.63, 3.8) is 0 Å². The van der Waals surface area contributed by atoms with Crippen LogP contribution in [0.3, 0.4) is 0 Å². The van der Waals surface area contributed by atoms with E-state index in [1.807, 2.05) is 0 Å². The SMILES string of the molecule is Cc1cc2c(cc1[Si](C)(C)C)-c1cc([Si](C)(C)C)c(C)cc1[CH]2.[Cl][Zr][Cl]. The van der Waals surface area contributed by atoms with E-state index in [2.05, 4.69) is 83.8 Å². The molecule has 3 rings (SSSR count). The van der Waals surface area contributed by atoms with Gasteiger partial charge in [-0.3, -0.25) is 0 Å². The Morgan fingerprint density at radius 1 is 0.654 bits per heavy atom. The summed E-state index contributed by atoms with van der Waals surface area (Å²) in [5.41, 5.74) is 8.67. The first kappa shape index (κ1) is 22.6. The molecule has 5 heteroatoms. The summed E-state index contributed by atoms with van der Waals surface area (Å²) in [7, 11) is 7.25. The molecule has 0 spiro atoms. The Hall–Kier alpha value is 0.337. The monoisotopic (exact) mass is 497 g/mol. The minimum absolute atomic E-state index is 0.826. The second kappa shape index (κ2) is 8.37. The Bertz CT molecular complexity index is 751. The predicted molar refractivity (Wildman–Crippen MR) is 122 cm³/mol. The van der Waals surface area contributed by atoms with Crippen molar-refractivity contribution < 1.29 is 20.8 Å². The van der Waals surface area contributed by atoms with Crippen molar-refractivity contribution in [3.8, 4) is 11.1 Å². The molecule has 139 valence electrons. The van der Waals surface area contributed by atoms with Gasteiger partial charge in [-0.05, 0) is 36.1 Å². The Morgan fingerprint density at radius 2 is 0.962 bits per heavy atom. The zero-order chi connectivity index (χ0) is 19.9. The van der Waals surface area contributed by atoms with E-state index in [1.165, 1.54) is 33.4 Å². The first-order valence-corrected chi connectivity index (χ1v) is 22.3. The van der Waals surface area contributed by atoms with Gasteiger partial charge in [0.15, 0.2) is 0 Å². The van der Waals surface area contributed by atoms with E-state index in [0.29, 0.717) is 0 Å². The zero-order valence-electron chi connectivity index (χ0n) is 17.1. The van der Waals surface area contributed by atoms with Crippen molar-refractivity contribution in [3.05, 3.63) is 52.9 Å². The zero-order valence-corrected chi connectivity index (χ0v) is 23.1. The standard InChI is InChI=1S/C21H29Si2.2ClH.Zr/c1-14-9-16-11-17-10-15(2)21(23(6,7)8)13-19(17)18(16)12-20(14)22(3,4)5;;;/h9-13H,1-8H3;2*1H;/q;;;+2/p-2.